The quantitative estimate of drug-likeness (QED) is 0.0762. The van der Waals surface area contributed by atoms with E-state index < -0.39 is 7.26 Å². The van der Waals surface area contributed by atoms with Gasteiger partial charge in [0.25, 0.3) is 0 Å². The second kappa shape index (κ2) is 26.2. The van der Waals surface area contributed by atoms with Crippen LogP contribution in [0.25, 0.3) is 0 Å². The van der Waals surface area contributed by atoms with E-state index in [0.29, 0.717) is 0 Å². The molecule has 0 aromatic heterocycles. The molecule has 0 aromatic carbocycles. The predicted molar refractivity (Wildman–Crippen MR) is 141 cm³/mol. The van der Waals surface area contributed by atoms with Gasteiger partial charge in [-0.3, -0.25) is 0 Å². The summed E-state index contributed by atoms with van der Waals surface area (Å²) in [6.07, 6.45) is 31.2. The molecule has 0 aliphatic rings. The van der Waals surface area contributed by atoms with Crippen molar-refractivity contribution < 1.29 is 0 Å². The fraction of sp³-hybridized carbons (Fsp3) is 0.962. The van der Waals surface area contributed by atoms with Gasteiger partial charge in [-0.05, 0) is 38.5 Å². The van der Waals surface area contributed by atoms with Gasteiger partial charge in [-0.25, -0.2) is 5.26 Å². The van der Waals surface area contributed by atoms with Crippen molar-refractivity contribution in [3.63, 3.8) is 0 Å². The molecule has 3 heteroatoms. The molecule has 0 spiro atoms. The van der Waals surface area contributed by atoms with Gasteiger partial charge in [-0.15, -0.1) is 0 Å². The molecule has 1 nitrogen and oxygen atoms in total. The van der Waals surface area contributed by atoms with Gasteiger partial charge >= 0.3 is 0 Å². The van der Waals surface area contributed by atoms with Gasteiger partial charge in [0.1, 0.15) is 0 Å². The molecule has 0 heterocycles. The van der Waals surface area contributed by atoms with Crippen LogP contribution in [0.4, 0.5) is 0 Å². The molecular formula is C26H54NPS. The maximum absolute atomic E-state index is 7.13. The fourth-order valence-corrected chi connectivity index (χ4v) is 7.79. The SMILES string of the molecule is CCCCCCCC[P+](C)(CCCCCCCC)CCCCCCCC.N#C[S-]. The highest BCUT2D eigenvalue weighted by molar-refractivity contribution is 7.75. The lowest BCUT2D eigenvalue weighted by atomic mass is 10.1. The first-order chi connectivity index (χ1) is 14.1. The Morgan fingerprint density at radius 1 is 0.517 bits per heavy atom. The van der Waals surface area contributed by atoms with Gasteiger partial charge in [0.05, 0.1) is 18.5 Å². The van der Waals surface area contributed by atoms with E-state index in [1.807, 2.05) is 0 Å². The van der Waals surface area contributed by atoms with E-state index in [1.165, 1.54) is 121 Å². The van der Waals surface area contributed by atoms with E-state index in [2.05, 4.69) is 40.1 Å². The lowest BCUT2D eigenvalue weighted by Gasteiger charge is -2.24. The number of thiocyanates is 1. The summed E-state index contributed by atoms with van der Waals surface area (Å²) in [7, 11) is -0.636. The van der Waals surface area contributed by atoms with E-state index in [4.69, 9.17) is 5.26 Å². The highest BCUT2D eigenvalue weighted by Gasteiger charge is 2.29. The highest BCUT2D eigenvalue weighted by Crippen LogP contribution is 2.57. The smallest absolute Gasteiger partial charge is 0.0591 e. The number of rotatable bonds is 21. The molecule has 0 aromatic rings. The summed E-state index contributed by atoms with van der Waals surface area (Å²) >= 11 is 3.70. The summed E-state index contributed by atoms with van der Waals surface area (Å²) < 4.78 is 0. The van der Waals surface area contributed by atoms with Crippen LogP contribution in [0.1, 0.15) is 136 Å². The standard InChI is InChI=1S/C25H54P.CHNS/c1-5-8-11-14-17-20-23-26(4,24-21-18-15-12-9-6-2)25-22-19-16-13-10-7-3;2-1-3/h5-25H2,1-4H3;3H/q+1;/p-1. The Morgan fingerprint density at radius 2 is 0.724 bits per heavy atom. The minimum absolute atomic E-state index is 0.636. The van der Waals surface area contributed by atoms with Gasteiger partial charge in [-0.1, -0.05) is 103 Å². The van der Waals surface area contributed by atoms with Crippen LogP contribution in [0, 0.1) is 10.7 Å². The Morgan fingerprint density at radius 3 is 0.966 bits per heavy atom. The first-order valence-corrected chi connectivity index (χ1v) is 16.1. The predicted octanol–water partition coefficient (Wildman–Crippen LogP) is 9.73. The summed E-state index contributed by atoms with van der Waals surface area (Å²) in [5.41, 5.74) is 0. The monoisotopic (exact) mass is 443 g/mol. The van der Waals surface area contributed by atoms with Crippen LogP contribution >= 0.6 is 7.26 Å². The van der Waals surface area contributed by atoms with E-state index in [-0.39, 0.29) is 0 Å². The Bertz CT molecular complexity index is 299. The van der Waals surface area contributed by atoms with Crippen molar-refractivity contribution in [1.82, 2.24) is 0 Å². The first kappa shape index (κ1) is 31.3. The molecule has 0 saturated heterocycles. The molecule has 0 fully saturated rings. The third kappa shape index (κ3) is 26.1. The molecule has 0 bridgehead atoms. The first-order valence-electron chi connectivity index (χ1n) is 12.9. The van der Waals surface area contributed by atoms with Crippen LogP contribution in [0.15, 0.2) is 0 Å². The van der Waals surface area contributed by atoms with Gasteiger partial charge in [0, 0.05) is 13.9 Å². The highest BCUT2D eigenvalue weighted by atomic mass is 32.1. The number of hydrogen-bond acceptors (Lipinski definition) is 2. The normalized spacial score (nSPS) is 11.0. The van der Waals surface area contributed by atoms with Crippen molar-refractivity contribution in [2.45, 2.75) is 136 Å². The third-order valence-corrected chi connectivity index (χ3v) is 10.3. The van der Waals surface area contributed by atoms with Crippen LogP contribution in [0.5, 0.6) is 0 Å². The topological polar surface area (TPSA) is 23.8 Å². The van der Waals surface area contributed by atoms with Crippen LogP contribution in [-0.4, -0.2) is 25.2 Å². The Balaban J connectivity index is 0. The molecule has 0 aliphatic carbocycles. The lowest BCUT2D eigenvalue weighted by Crippen LogP contribution is -2.08. The van der Waals surface area contributed by atoms with E-state index >= 15 is 0 Å². The fourth-order valence-electron chi connectivity index (χ4n) is 4.16. The van der Waals surface area contributed by atoms with Gasteiger partial charge in [-0.2, -0.15) is 0 Å². The molecule has 0 unspecified atom stereocenters. The Labute approximate surface area is 192 Å². The Hall–Kier alpha value is 0.140. The van der Waals surface area contributed by atoms with E-state index in [9.17, 15) is 0 Å². The summed E-state index contributed by atoms with van der Waals surface area (Å²) in [5, 5.41) is 8.47. The summed E-state index contributed by atoms with van der Waals surface area (Å²) in [6.45, 7) is 9.70. The zero-order valence-electron chi connectivity index (χ0n) is 20.7. The molecule has 0 amide bonds. The molecule has 0 saturated carbocycles. The molecule has 0 aliphatic heterocycles. The largest absolute Gasteiger partial charge is 0.696 e. The van der Waals surface area contributed by atoms with Crippen LogP contribution in [0.3, 0.4) is 0 Å². The van der Waals surface area contributed by atoms with Gasteiger partial charge in [0.2, 0.25) is 0 Å². The maximum atomic E-state index is 7.13. The van der Waals surface area contributed by atoms with Gasteiger partial charge in [0.15, 0.2) is 0 Å². The van der Waals surface area contributed by atoms with Crippen molar-refractivity contribution in [2.75, 3.05) is 25.2 Å². The van der Waals surface area contributed by atoms with Crippen LogP contribution < -0.4 is 0 Å². The van der Waals surface area contributed by atoms with Gasteiger partial charge < -0.3 is 12.6 Å². The molecule has 0 rings (SSSR count). The molecule has 174 valence electrons. The van der Waals surface area contributed by atoms with Crippen molar-refractivity contribution in [1.29, 1.82) is 5.26 Å². The summed E-state index contributed by atoms with van der Waals surface area (Å²) in [4.78, 5) is 0. The minimum Gasteiger partial charge on any atom is -0.696 e. The lowest BCUT2D eigenvalue weighted by molar-refractivity contribution is 0.616. The summed E-state index contributed by atoms with van der Waals surface area (Å²) in [5.74, 6) is 0. The second-order valence-electron chi connectivity index (χ2n) is 9.18. The molecular weight excluding hydrogens is 389 g/mol. The average molecular weight is 444 g/mol. The number of nitriles is 1. The molecule has 29 heavy (non-hydrogen) atoms. The average Bonchev–Trinajstić information content (AvgIpc) is 2.71. The third-order valence-electron chi connectivity index (χ3n) is 6.15. The van der Waals surface area contributed by atoms with Crippen molar-refractivity contribution in [3.8, 4) is 5.40 Å². The summed E-state index contributed by atoms with van der Waals surface area (Å²) in [6, 6.07) is 0. The minimum atomic E-state index is -0.636. The van der Waals surface area contributed by atoms with Crippen LogP contribution in [-0.2, 0) is 12.6 Å². The van der Waals surface area contributed by atoms with Crippen molar-refractivity contribution >= 4 is 19.9 Å². The number of unbranched alkanes of at least 4 members (excludes halogenated alkanes) is 15. The van der Waals surface area contributed by atoms with E-state index in [0.717, 1.165) is 0 Å². The molecule has 0 atom stereocenters. The zero-order valence-corrected chi connectivity index (χ0v) is 22.4. The van der Waals surface area contributed by atoms with Crippen molar-refractivity contribution in [3.05, 3.63) is 0 Å². The van der Waals surface area contributed by atoms with Crippen molar-refractivity contribution in [2.24, 2.45) is 0 Å². The Kier molecular flexibility index (Phi) is 28.3. The zero-order chi connectivity index (χ0) is 22.1. The number of nitrogens with zero attached hydrogens (tertiary/aromatic N) is 1. The molecule has 0 radical (unpaired) electrons. The maximum Gasteiger partial charge on any atom is 0.0591 e. The second-order valence-corrected chi connectivity index (χ2v) is 13.9. The van der Waals surface area contributed by atoms with Crippen LogP contribution in [0.2, 0.25) is 0 Å². The molecule has 0 N–H and O–H groups in total. The van der Waals surface area contributed by atoms with E-state index in [1.54, 1.807) is 18.5 Å². The number of hydrogen-bond donors (Lipinski definition) is 0.